The quantitative estimate of drug-likeness (QED) is 0.656. The van der Waals surface area contributed by atoms with E-state index in [1.807, 2.05) is 0 Å². The Morgan fingerprint density at radius 3 is 2.89 bits per heavy atom. The second-order valence-electron chi connectivity index (χ2n) is 4.63. The van der Waals surface area contributed by atoms with E-state index in [1.165, 1.54) is 6.20 Å². The molecule has 0 aromatic carbocycles. The first kappa shape index (κ1) is 12.8. The highest BCUT2D eigenvalue weighted by molar-refractivity contribution is 5.47. The van der Waals surface area contributed by atoms with Crippen LogP contribution < -0.4 is 5.32 Å². The number of anilines is 1. The van der Waals surface area contributed by atoms with Crippen LogP contribution >= 0.6 is 0 Å². The molecule has 1 saturated carbocycles. The van der Waals surface area contributed by atoms with Crippen molar-refractivity contribution in [1.29, 1.82) is 0 Å². The van der Waals surface area contributed by atoms with Crippen molar-refractivity contribution in [2.75, 3.05) is 12.4 Å². The molecule has 1 aromatic heterocycles. The Morgan fingerprint density at radius 1 is 1.56 bits per heavy atom. The van der Waals surface area contributed by atoms with Crippen molar-refractivity contribution in [2.24, 2.45) is 0 Å². The second-order valence-corrected chi connectivity index (χ2v) is 4.63. The standard InChI is InChI=1S/C12H17N3O3/c1-8-5-12(13-7-11(8)15(16)17)14-9-3-4-10(6-9)18-2/h5,7,9-10H,3-4,6H2,1-2H3,(H,13,14). The number of aryl methyl sites for hydroxylation is 1. The Labute approximate surface area is 106 Å². The van der Waals surface area contributed by atoms with Crippen LogP contribution in [0.5, 0.6) is 0 Å². The van der Waals surface area contributed by atoms with Crippen LogP contribution in [-0.4, -0.2) is 29.2 Å². The number of aromatic nitrogens is 1. The lowest BCUT2D eigenvalue weighted by Crippen LogP contribution is -2.18. The van der Waals surface area contributed by atoms with Gasteiger partial charge in [0.1, 0.15) is 12.0 Å². The van der Waals surface area contributed by atoms with Crippen molar-refractivity contribution in [1.82, 2.24) is 4.98 Å². The first-order valence-corrected chi connectivity index (χ1v) is 6.00. The predicted octanol–water partition coefficient (Wildman–Crippen LogP) is 2.28. The van der Waals surface area contributed by atoms with Crippen LogP contribution in [0.2, 0.25) is 0 Å². The Bertz CT molecular complexity index is 450. The number of rotatable bonds is 4. The van der Waals surface area contributed by atoms with Crippen molar-refractivity contribution in [3.8, 4) is 0 Å². The summed E-state index contributed by atoms with van der Waals surface area (Å²) < 4.78 is 5.30. The predicted molar refractivity (Wildman–Crippen MR) is 67.7 cm³/mol. The second kappa shape index (κ2) is 5.30. The summed E-state index contributed by atoms with van der Waals surface area (Å²) >= 11 is 0. The molecule has 2 unspecified atom stereocenters. The van der Waals surface area contributed by atoms with Crippen LogP contribution in [-0.2, 0) is 4.74 Å². The van der Waals surface area contributed by atoms with Crippen molar-refractivity contribution >= 4 is 11.5 Å². The molecule has 0 bridgehead atoms. The summed E-state index contributed by atoms with van der Waals surface area (Å²) in [6.07, 6.45) is 4.65. The van der Waals surface area contributed by atoms with Crippen LogP contribution in [0.15, 0.2) is 12.3 Å². The largest absolute Gasteiger partial charge is 0.381 e. The van der Waals surface area contributed by atoms with E-state index in [2.05, 4.69) is 10.3 Å². The van der Waals surface area contributed by atoms with Gasteiger partial charge >= 0.3 is 0 Å². The SMILES string of the molecule is COC1CCC(Nc2cc(C)c([N+](=O)[O-])cn2)C1. The molecule has 6 nitrogen and oxygen atoms in total. The molecule has 1 N–H and O–H groups in total. The summed E-state index contributed by atoms with van der Waals surface area (Å²) in [5, 5.41) is 14.0. The van der Waals surface area contributed by atoms with Gasteiger partial charge in [-0.15, -0.1) is 0 Å². The van der Waals surface area contributed by atoms with Crippen LogP contribution in [0.4, 0.5) is 11.5 Å². The van der Waals surface area contributed by atoms with Crippen molar-refractivity contribution in [3.63, 3.8) is 0 Å². The summed E-state index contributed by atoms with van der Waals surface area (Å²) in [5.74, 6) is 0.694. The molecule has 1 fully saturated rings. The van der Waals surface area contributed by atoms with Gasteiger partial charge in [-0.05, 0) is 32.3 Å². The summed E-state index contributed by atoms with van der Waals surface area (Å²) in [5.41, 5.74) is 0.681. The monoisotopic (exact) mass is 251 g/mol. The van der Waals surface area contributed by atoms with Crippen LogP contribution in [0.1, 0.15) is 24.8 Å². The highest BCUT2D eigenvalue weighted by atomic mass is 16.6. The van der Waals surface area contributed by atoms with E-state index >= 15 is 0 Å². The van der Waals surface area contributed by atoms with Crippen molar-refractivity contribution < 1.29 is 9.66 Å². The molecule has 18 heavy (non-hydrogen) atoms. The van der Waals surface area contributed by atoms with E-state index in [-0.39, 0.29) is 5.69 Å². The first-order valence-electron chi connectivity index (χ1n) is 6.00. The first-order chi connectivity index (χ1) is 8.60. The summed E-state index contributed by atoms with van der Waals surface area (Å²) in [4.78, 5) is 14.4. The highest BCUT2D eigenvalue weighted by Gasteiger charge is 2.24. The van der Waals surface area contributed by atoms with E-state index in [9.17, 15) is 10.1 Å². The van der Waals surface area contributed by atoms with Gasteiger partial charge in [-0.25, -0.2) is 4.98 Å². The molecule has 0 aliphatic heterocycles. The van der Waals surface area contributed by atoms with E-state index in [0.29, 0.717) is 23.5 Å². The third-order valence-electron chi connectivity index (χ3n) is 3.35. The molecule has 1 aromatic rings. The zero-order valence-electron chi connectivity index (χ0n) is 10.5. The van der Waals surface area contributed by atoms with Crippen LogP contribution in [0, 0.1) is 17.0 Å². The minimum absolute atomic E-state index is 0.0572. The molecule has 1 aliphatic rings. The molecule has 0 radical (unpaired) electrons. The average Bonchev–Trinajstić information content (AvgIpc) is 2.76. The number of nitrogens with one attached hydrogen (secondary N) is 1. The van der Waals surface area contributed by atoms with Gasteiger partial charge in [-0.2, -0.15) is 0 Å². The molecule has 0 saturated heterocycles. The summed E-state index contributed by atoms with van der Waals surface area (Å²) in [6, 6.07) is 2.06. The number of nitrogens with zero attached hydrogens (tertiary/aromatic N) is 2. The minimum Gasteiger partial charge on any atom is -0.381 e. The Morgan fingerprint density at radius 2 is 2.33 bits per heavy atom. The van der Waals surface area contributed by atoms with Crippen LogP contribution in [0.3, 0.4) is 0 Å². The fraction of sp³-hybridized carbons (Fsp3) is 0.583. The molecule has 2 rings (SSSR count). The van der Waals surface area contributed by atoms with Gasteiger partial charge in [0.2, 0.25) is 0 Å². The Kier molecular flexibility index (Phi) is 3.76. The lowest BCUT2D eigenvalue weighted by molar-refractivity contribution is -0.385. The fourth-order valence-electron chi connectivity index (χ4n) is 2.31. The van der Waals surface area contributed by atoms with Gasteiger partial charge in [0.25, 0.3) is 5.69 Å². The van der Waals surface area contributed by atoms with E-state index in [0.717, 1.165) is 19.3 Å². The Hall–Kier alpha value is -1.69. The third kappa shape index (κ3) is 2.76. The van der Waals surface area contributed by atoms with Gasteiger partial charge in [0, 0.05) is 18.7 Å². The number of hydrogen-bond acceptors (Lipinski definition) is 5. The maximum atomic E-state index is 10.7. The lowest BCUT2D eigenvalue weighted by Gasteiger charge is -2.13. The maximum absolute atomic E-state index is 10.7. The highest BCUT2D eigenvalue weighted by Crippen LogP contribution is 2.25. The third-order valence-corrected chi connectivity index (χ3v) is 3.35. The molecule has 0 amide bonds. The molecular weight excluding hydrogens is 234 g/mol. The molecular formula is C12H17N3O3. The number of pyridine rings is 1. The van der Waals surface area contributed by atoms with Gasteiger partial charge in [-0.3, -0.25) is 10.1 Å². The topological polar surface area (TPSA) is 77.3 Å². The van der Waals surface area contributed by atoms with Crippen LogP contribution in [0.25, 0.3) is 0 Å². The van der Waals surface area contributed by atoms with Gasteiger partial charge in [0.15, 0.2) is 0 Å². The number of nitro groups is 1. The Balaban J connectivity index is 2.02. The number of ether oxygens (including phenoxy) is 1. The summed E-state index contributed by atoms with van der Waals surface area (Å²) in [6.45, 7) is 1.72. The van der Waals surface area contributed by atoms with Gasteiger partial charge in [-0.1, -0.05) is 0 Å². The van der Waals surface area contributed by atoms with E-state index in [1.54, 1.807) is 20.1 Å². The molecule has 6 heteroatoms. The summed E-state index contributed by atoms with van der Waals surface area (Å²) in [7, 11) is 1.72. The zero-order valence-corrected chi connectivity index (χ0v) is 10.5. The van der Waals surface area contributed by atoms with Crippen molar-refractivity contribution in [2.45, 2.75) is 38.3 Å². The fourth-order valence-corrected chi connectivity index (χ4v) is 2.31. The normalized spacial score (nSPS) is 23.0. The number of methoxy groups -OCH3 is 1. The maximum Gasteiger partial charge on any atom is 0.290 e. The van der Waals surface area contributed by atoms with E-state index in [4.69, 9.17) is 4.74 Å². The lowest BCUT2D eigenvalue weighted by atomic mass is 10.2. The molecule has 98 valence electrons. The van der Waals surface area contributed by atoms with E-state index < -0.39 is 4.92 Å². The molecule has 2 atom stereocenters. The molecule has 0 spiro atoms. The number of hydrogen-bond donors (Lipinski definition) is 1. The minimum atomic E-state index is -0.414. The zero-order chi connectivity index (χ0) is 13.1. The average molecular weight is 251 g/mol. The smallest absolute Gasteiger partial charge is 0.290 e. The van der Waals surface area contributed by atoms with Crippen molar-refractivity contribution in [3.05, 3.63) is 27.9 Å². The van der Waals surface area contributed by atoms with Gasteiger partial charge < -0.3 is 10.1 Å². The molecule has 1 heterocycles. The van der Waals surface area contributed by atoms with Gasteiger partial charge in [0.05, 0.1) is 11.0 Å². The molecule has 1 aliphatic carbocycles.